The highest BCUT2D eigenvalue weighted by molar-refractivity contribution is 7.12. The number of fused-ring (bicyclic) bond motifs is 4. The Morgan fingerprint density at radius 1 is 1.12 bits per heavy atom. The second-order valence-electron chi connectivity index (χ2n) is 10.0. The molecule has 176 valence electrons. The number of piperidine rings is 2. The van der Waals surface area contributed by atoms with Crippen LogP contribution in [0.1, 0.15) is 47.0 Å². The molecule has 2 saturated heterocycles. The average Bonchev–Trinajstić information content (AvgIpc) is 3.33. The molecule has 5 heterocycles. The van der Waals surface area contributed by atoms with Crippen LogP contribution in [0.25, 0.3) is 0 Å². The normalized spacial score (nSPS) is 28.8. The summed E-state index contributed by atoms with van der Waals surface area (Å²) in [4.78, 5) is 40.7. The Bertz CT molecular complexity index is 1070. The van der Waals surface area contributed by atoms with Crippen molar-refractivity contribution < 1.29 is 19.6 Å². The van der Waals surface area contributed by atoms with E-state index >= 15 is 0 Å². The lowest BCUT2D eigenvalue weighted by Gasteiger charge is -2.42. The number of quaternary nitrogens is 1. The molecule has 7 nitrogen and oxygen atoms in total. The molecular formula is C25H31N3O4S. The van der Waals surface area contributed by atoms with Crippen LogP contribution in [0.15, 0.2) is 40.5 Å². The van der Waals surface area contributed by atoms with Crippen LogP contribution in [-0.4, -0.2) is 54.1 Å². The first-order valence-corrected chi connectivity index (χ1v) is 12.9. The maximum atomic E-state index is 12.9. The van der Waals surface area contributed by atoms with Crippen molar-refractivity contribution in [3.8, 4) is 0 Å². The zero-order valence-electron chi connectivity index (χ0n) is 18.8. The molecule has 0 saturated carbocycles. The molecule has 1 N–H and O–H groups in total. The minimum atomic E-state index is -0.995. The van der Waals surface area contributed by atoms with Gasteiger partial charge in [-0.3, -0.25) is 9.59 Å². The summed E-state index contributed by atoms with van der Waals surface area (Å²) in [5.41, 5.74) is 1.27. The predicted octanol–water partition coefficient (Wildman–Crippen LogP) is 0.220. The van der Waals surface area contributed by atoms with Gasteiger partial charge >= 0.3 is 0 Å². The van der Waals surface area contributed by atoms with E-state index in [2.05, 4.69) is 6.07 Å². The third-order valence-corrected chi connectivity index (χ3v) is 8.74. The molecule has 2 aromatic heterocycles. The molecule has 3 aliphatic heterocycles. The minimum absolute atomic E-state index is 0.0591. The van der Waals surface area contributed by atoms with Crippen LogP contribution in [0.2, 0.25) is 0 Å². The summed E-state index contributed by atoms with van der Waals surface area (Å²) in [5, 5.41) is 13.3. The average molecular weight is 470 g/mol. The van der Waals surface area contributed by atoms with Gasteiger partial charge in [-0.1, -0.05) is 12.1 Å². The summed E-state index contributed by atoms with van der Waals surface area (Å²) < 4.78 is 1.96. The monoisotopic (exact) mass is 469 g/mol. The van der Waals surface area contributed by atoms with Crippen molar-refractivity contribution in [2.45, 2.75) is 38.1 Å². The van der Waals surface area contributed by atoms with Crippen LogP contribution in [0.5, 0.6) is 0 Å². The van der Waals surface area contributed by atoms with E-state index in [1.165, 1.54) is 16.2 Å². The van der Waals surface area contributed by atoms with Gasteiger partial charge in [0.25, 0.3) is 11.5 Å². The Balaban J connectivity index is 1.25. The Kier molecular flexibility index (Phi) is 6.38. The van der Waals surface area contributed by atoms with Gasteiger partial charge in [-0.05, 0) is 48.6 Å². The molecule has 2 aromatic rings. The summed E-state index contributed by atoms with van der Waals surface area (Å²) >= 11 is 1.45. The van der Waals surface area contributed by atoms with E-state index in [0.717, 1.165) is 49.6 Å². The molecule has 3 aliphatic rings. The Morgan fingerprint density at radius 2 is 2.00 bits per heavy atom. The highest BCUT2D eigenvalue weighted by atomic mass is 32.1. The van der Waals surface area contributed by atoms with Crippen LogP contribution < -0.4 is 15.6 Å². The van der Waals surface area contributed by atoms with Crippen molar-refractivity contribution in [2.24, 2.45) is 17.8 Å². The minimum Gasteiger partial charge on any atom is -0.550 e. The molecule has 0 radical (unpaired) electrons. The Labute approximate surface area is 197 Å². The molecular weight excluding hydrogens is 438 g/mol. The number of hydrogen-bond donors (Lipinski definition) is 1. The SMILES string of the molecule is O=C([O-])C[C@@H]1CCN(C(=O)c2cccs2)C[C@@H]1CC[NH+]1C[C@@H]2C[C@H](C1)c1cccc(=O)n1C2. The summed E-state index contributed by atoms with van der Waals surface area (Å²) in [5.74, 6) is 0.209. The predicted molar refractivity (Wildman–Crippen MR) is 123 cm³/mol. The van der Waals surface area contributed by atoms with Gasteiger partial charge in [0, 0.05) is 55.6 Å². The fourth-order valence-electron chi connectivity index (χ4n) is 6.34. The van der Waals surface area contributed by atoms with E-state index in [1.807, 2.05) is 33.0 Å². The van der Waals surface area contributed by atoms with Gasteiger partial charge in [0.2, 0.25) is 0 Å². The number of aliphatic carboxylic acids is 1. The smallest absolute Gasteiger partial charge is 0.263 e. The highest BCUT2D eigenvalue weighted by Gasteiger charge is 2.38. The van der Waals surface area contributed by atoms with Crippen molar-refractivity contribution in [1.82, 2.24) is 9.47 Å². The first-order valence-electron chi connectivity index (χ1n) is 12.0. The van der Waals surface area contributed by atoms with Crippen molar-refractivity contribution in [3.63, 3.8) is 0 Å². The summed E-state index contributed by atoms with van der Waals surface area (Å²) in [6, 6.07) is 9.36. The topological polar surface area (TPSA) is 86.9 Å². The summed E-state index contributed by atoms with van der Waals surface area (Å²) in [6.07, 6.45) is 2.84. The molecule has 1 amide bonds. The van der Waals surface area contributed by atoms with Gasteiger partial charge in [0.1, 0.15) is 0 Å². The van der Waals surface area contributed by atoms with E-state index in [9.17, 15) is 19.5 Å². The van der Waals surface area contributed by atoms with Gasteiger partial charge in [-0.25, -0.2) is 0 Å². The number of thiophene rings is 1. The van der Waals surface area contributed by atoms with E-state index in [0.29, 0.717) is 31.3 Å². The lowest BCUT2D eigenvalue weighted by atomic mass is 9.80. The Morgan fingerprint density at radius 3 is 2.79 bits per heavy atom. The van der Waals surface area contributed by atoms with Crippen molar-refractivity contribution >= 4 is 23.2 Å². The second-order valence-corrected chi connectivity index (χ2v) is 11.0. The summed E-state index contributed by atoms with van der Waals surface area (Å²) in [6.45, 7) is 5.06. The van der Waals surface area contributed by atoms with E-state index in [-0.39, 0.29) is 29.7 Å². The zero-order valence-corrected chi connectivity index (χ0v) is 19.6. The zero-order chi connectivity index (χ0) is 22.9. The highest BCUT2D eigenvalue weighted by Crippen LogP contribution is 2.32. The number of carbonyl (C=O) groups excluding carboxylic acids is 2. The number of pyridine rings is 1. The number of nitrogens with one attached hydrogen (secondary N) is 1. The van der Waals surface area contributed by atoms with Gasteiger partial charge in [-0.15, -0.1) is 11.3 Å². The van der Waals surface area contributed by atoms with Crippen molar-refractivity contribution in [2.75, 3.05) is 32.7 Å². The van der Waals surface area contributed by atoms with Gasteiger partial charge in [-0.2, -0.15) is 0 Å². The van der Waals surface area contributed by atoms with Crippen molar-refractivity contribution in [1.29, 1.82) is 0 Å². The lowest BCUT2D eigenvalue weighted by molar-refractivity contribution is -0.911. The lowest BCUT2D eigenvalue weighted by Crippen LogP contribution is -3.14. The van der Waals surface area contributed by atoms with Crippen molar-refractivity contribution in [3.05, 3.63) is 56.6 Å². The molecule has 33 heavy (non-hydrogen) atoms. The number of aromatic nitrogens is 1. The molecule has 5 atom stereocenters. The maximum absolute atomic E-state index is 12.9. The maximum Gasteiger partial charge on any atom is 0.263 e. The molecule has 0 aromatic carbocycles. The van der Waals surface area contributed by atoms with E-state index in [1.54, 1.807) is 6.07 Å². The van der Waals surface area contributed by atoms with Crippen LogP contribution in [0.3, 0.4) is 0 Å². The summed E-state index contributed by atoms with van der Waals surface area (Å²) in [7, 11) is 0. The number of amides is 1. The fourth-order valence-corrected chi connectivity index (χ4v) is 7.04. The number of rotatable bonds is 6. The van der Waals surface area contributed by atoms with Crippen LogP contribution in [-0.2, 0) is 11.3 Å². The number of likely N-dealkylation sites (tertiary alicyclic amines) is 2. The third kappa shape index (κ3) is 4.77. The Hall–Kier alpha value is -2.45. The van der Waals surface area contributed by atoms with Crippen LogP contribution in [0, 0.1) is 17.8 Å². The van der Waals surface area contributed by atoms with Gasteiger partial charge in [0.15, 0.2) is 0 Å². The number of carboxylic acid groups (broad SMARTS) is 1. The van der Waals surface area contributed by atoms with E-state index < -0.39 is 5.97 Å². The second kappa shape index (κ2) is 9.43. The molecule has 0 aliphatic carbocycles. The van der Waals surface area contributed by atoms with Crippen LogP contribution in [0.4, 0.5) is 0 Å². The first-order chi connectivity index (χ1) is 16.0. The molecule has 1 unspecified atom stereocenters. The standard InChI is InChI=1S/C25H31N3O4S/c29-23-5-1-3-21-20-11-17(14-28(21)23)13-26(15-20)8-6-19-16-27(9-7-18(19)12-24(30)31)25(32)22-4-2-10-33-22/h1-5,10,17-20H,6-9,11-16H2,(H,30,31)/t17-,18-,19-,20+/m0/s1. The first kappa shape index (κ1) is 22.3. The number of carbonyl (C=O) groups is 2. The largest absolute Gasteiger partial charge is 0.550 e. The molecule has 2 fully saturated rings. The number of hydrogen-bond acceptors (Lipinski definition) is 5. The molecule has 8 heteroatoms. The molecule has 0 spiro atoms. The van der Waals surface area contributed by atoms with E-state index in [4.69, 9.17) is 0 Å². The number of nitrogens with zero attached hydrogens (tertiary/aromatic N) is 2. The van der Waals surface area contributed by atoms with Gasteiger partial charge in [0.05, 0.1) is 24.5 Å². The third-order valence-electron chi connectivity index (χ3n) is 7.88. The molecule has 5 rings (SSSR count). The van der Waals surface area contributed by atoms with Gasteiger partial charge < -0.3 is 24.3 Å². The van der Waals surface area contributed by atoms with Crippen LogP contribution >= 0.6 is 11.3 Å². The quantitative estimate of drug-likeness (QED) is 0.656. The molecule has 2 bridgehead atoms. The fraction of sp³-hybridized carbons (Fsp3) is 0.560. The number of carboxylic acids is 1.